The number of hydrogen-bond acceptors (Lipinski definition) is 1. The van der Waals surface area contributed by atoms with E-state index < -0.39 is 5.82 Å². The van der Waals surface area contributed by atoms with E-state index in [0.717, 1.165) is 22.2 Å². The summed E-state index contributed by atoms with van der Waals surface area (Å²) in [7, 11) is 0. The Morgan fingerprint density at radius 3 is 2.67 bits per heavy atom. The zero-order valence-corrected chi connectivity index (χ0v) is 11.8. The fraction of sp³-hybridized carbons (Fsp3) is 0.143. The minimum absolute atomic E-state index is 0.125. The van der Waals surface area contributed by atoms with Gasteiger partial charge >= 0.3 is 0 Å². The van der Waals surface area contributed by atoms with E-state index in [1.807, 2.05) is 24.3 Å². The number of para-hydroxylation sites is 1. The average molecular weight is 330 g/mol. The minimum Gasteiger partial charge on any atom is -0.489 e. The molecule has 0 aliphatic rings. The number of ether oxygens (including phenoxy) is 1. The fourth-order valence-corrected chi connectivity index (χ4v) is 2.13. The molecule has 0 aliphatic heterocycles. The van der Waals surface area contributed by atoms with Crippen molar-refractivity contribution < 1.29 is 9.13 Å². The first-order valence-electron chi connectivity index (χ1n) is 5.41. The second kappa shape index (κ2) is 6.21. The Morgan fingerprint density at radius 1 is 1.17 bits per heavy atom. The number of rotatable bonds is 4. The second-order valence-corrected chi connectivity index (χ2v) is 4.75. The molecule has 0 spiro atoms. The van der Waals surface area contributed by atoms with E-state index in [9.17, 15) is 4.39 Å². The summed E-state index contributed by atoms with van der Waals surface area (Å²) in [6.45, 7) is 0.318. The molecule has 4 heteroatoms. The molecule has 0 unspecified atom stereocenters. The van der Waals surface area contributed by atoms with Gasteiger partial charge in [0.15, 0.2) is 0 Å². The molecule has 0 heterocycles. The highest BCUT2D eigenvalue weighted by molar-refractivity contribution is 9.08. The zero-order chi connectivity index (χ0) is 13.0. The zero-order valence-electron chi connectivity index (χ0n) is 9.50. The first-order valence-corrected chi connectivity index (χ1v) is 6.91. The summed E-state index contributed by atoms with van der Waals surface area (Å²) in [6, 6.07) is 12.4. The normalized spacial score (nSPS) is 10.4. The van der Waals surface area contributed by atoms with E-state index in [4.69, 9.17) is 16.3 Å². The second-order valence-electron chi connectivity index (χ2n) is 3.78. The highest BCUT2D eigenvalue weighted by Gasteiger charge is 2.04. The largest absolute Gasteiger partial charge is 0.489 e. The standard InChI is InChI=1S/C14H11BrClFO/c15-8-11-3-1-2-4-14(11)18-9-10-5-6-12(16)13(17)7-10/h1-7H,8-9H2. The molecule has 0 saturated carbocycles. The molecule has 2 aromatic carbocycles. The molecule has 94 valence electrons. The van der Waals surface area contributed by atoms with Crippen molar-refractivity contribution in [2.75, 3.05) is 0 Å². The van der Waals surface area contributed by atoms with Gasteiger partial charge in [0, 0.05) is 10.9 Å². The molecule has 1 nitrogen and oxygen atoms in total. The fourth-order valence-electron chi connectivity index (χ4n) is 1.55. The van der Waals surface area contributed by atoms with Gasteiger partial charge in [-0.3, -0.25) is 0 Å². The third-order valence-electron chi connectivity index (χ3n) is 2.49. The lowest BCUT2D eigenvalue weighted by Crippen LogP contribution is -1.98. The van der Waals surface area contributed by atoms with Crippen molar-refractivity contribution in [3.05, 3.63) is 64.4 Å². The Kier molecular flexibility index (Phi) is 4.61. The molecule has 0 atom stereocenters. The average Bonchev–Trinajstić information content (AvgIpc) is 2.40. The number of benzene rings is 2. The highest BCUT2D eigenvalue weighted by atomic mass is 79.9. The van der Waals surface area contributed by atoms with Crippen molar-refractivity contribution in [1.82, 2.24) is 0 Å². The summed E-state index contributed by atoms with van der Waals surface area (Å²) in [5.41, 5.74) is 1.81. The van der Waals surface area contributed by atoms with E-state index in [-0.39, 0.29) is 5.02 Å². The Hall–Kier alpha value is -1.06. The van der Waals surface area contributed by atoms with Gasteiger partial charge in [0.1, 0.15) is 18.2 Å². The first-order chi connectivity index (χ1) is 8.70. The van der Waals surface area contributed by atoms with E-state index in [2.05, 4.69) is 15.9 Å². The third kappa shape index (κ3) is 3.24. The number of hydrogen-bond donors (Lipinski definition) is 0. The number of halogens is 3. The van der Waals surface area contributed by atoms with Gasteiger partial charge < -0.3 is 4.74 Å². The Bertz CT molecular complexity index is 545. The van der Waals surface area contributed by atoms with Crippen LogP contribution in [0.4, 0.5) is 4.39 Å². The van der Waals surface area contributed by atoms with E-state index in [0.29, 0.717) is 6.61 Å². The van der Waals surface area contributed by atoms with Crippen LogP contribution in [-0.4, -0.2) is 0 Å². The van der Waals surface area contributed by atoms with E-state index >= 15 is 0 Å². The molecule has 0 amide bonds. The van der Waals surface area contributed by atoms with E-state index in [1.54, 1.807) is 6.07 Å². The predicted octanol–water partition coefficient (Wildman–Crippen LogP) is 4.95. The molecule has 0 aromatic heterocycles. The van der Waals surface area contributed by atoms with E-state index in [1.165, 1.54) is 12.1 Å². The van der Waals surface area contributed by atoms with Crippen molar-refractivity contribution in [2.24, 2.45) is 0 Å². The molecule has 0 radical (unpaired) electrons. The Labute approximate surface area is 119 Å². The maximum absolute atomic E-state index is 13.3. The Morgan fingerprint density at radius 2 is 1.94 bits per heavy atom. The van der Waals surface area contributed by atoms with Crippen molar-refractivity contribution in [3.63, 3.8) is 0 Å². The minimum atomic E-state index is -0.424. The van der Waals surface area contributed by atoms with Gasteiger partial charge in [0.2, 0.25) is 0 Å². The van der Waals surface area contributed by atoms with Gasteiger partial charge in [-0.15, -0.1) is 0 Å². The molecule has 18 heavy (non-hydrogen) atoms. The summed E-state index contributed by atoms with van der Waals surface area (Å²) in [5.74, 6) is 0.372. The van der Waals surface area contributed by atoms with Crippen molar-refractivity contribution >= 4 is 27.5 Å². The molecule has 0 bridgehead atoms. The molecule has 0 saturated heterocycles. The third-order valence-corrected chi connectivity index (χ3v) is 3.41. The van der Waals surface area contributed by atoms with Gasteiger partial charge in [0.05, 0.1) is 5.02 Å². The molecular formula is C14H11BrClFO. The summed E-state index contributed by atoms with van der Waals surface area (Å²) in [6.07, 6.45) is 0. The molecule has 0 aliphatic carbocycles. The quantitative estimate of drug-likeness (QED) is 0.721. The Balaban J connectivity index is 2.09. The topological polar surface area (TPSA) is 9.23 Å². The van der Waals surface area contributed by atoms with Gasteiger partial charge in [-0.25, -0.2) is 4.39 Å². The molecular weight excluding hydrogens is 319 g/mol. The highest BCUT2D eigenvalue weighted by Crippen LogP contribution is 2.22. The molecule has 2 rings (SSSR count). The van der Waals surface area contributed by atoms with Crippen LogP contribution in [0.3, 0.4) is 0 Å². The van der Waals surface area contributed by atoms with Crippen molar-refractivity contribution in [2.45, 2.75) is 11.9 Å². The van der Waals surface area contributed by atoms with Crippen LogP contribution in [0.1, 0.15) is 11.1 Å². The lowest BCUT2D eigenvalue weighted by atomic mass is 10.2. The van der Waals surface area contributed by atoms with Gasteiger partial charge in [-0.1, -0.05) is 51.8 Å². The predicted molar refractivity (Wildman–Crippen MR) is 74.8 cm³/mol. The van der Waals surface area contributed by atoms with Crippen LogP contribution in [0.2, 0.25) is 5.02 Å². The monoisotopic (exact) mass is 328 g/mol. The van der Waals surface area contributed by atoms with Crippen LogP contribution in [0.25, 0.3) is 0 Å². The van der Waals surface area contributed by atoms with Gasteiger partial charge in [-0.05, 0) is 23.8 Å². The summed E-state index contributed by atoms with van der Waals surface area (Å²) in [4.78, 5) is 0. The van der Waals surface area contributed by atoms with Crippen molar-refractivity contribution in [3.8, 4) is 5.75 Å². The first kappa shape index (κ1) is 13.4. The van der Waals surface area contributed by atoms with Gasteiger partial charge in [-0.2, -0.15) is 0 Å². The lowest BCUT2D eigenvalue weighted by molar-refractivity contribution is 0.303. The van der Waals surface area contributed by atoms with Gasteiger partial charge in [0.25, 0.3) is 0 Å². The van der Waals surface area contributed by atoms with Crippen LogP contribution in [0.5, 0.6) is 5.75 Å². The maximum atomic E-state index is 13.3. The van der Waals surface area contributed by atoms with Crippen molar-refractivity contribution in [1.29, 1.82) is 0 Å². The summed E-state index contributed by atoms with van der Waals surface area (Å²) in [5, 5.41) is 0.845. The van der Waals surface area contributed by atoms with Crippen LogP contribution in [0.15, 0.2) is 42.5 Å². The van der Waals surface area contributed by atoms with Crippen LogP contribution < -0.4 is 4.74 Å². The summed E-state index contributed by atoms with van der Waals surface area (Å²) >= 11 is 9.02. The van der Waals surface area contributed by atoms with Crippen LogP contribution >= 0.6 is 27.5 Å². The summed E-state index contributed by atoms with van der Waals surface area (Å²) < 4.78 is 18.9. The van der Waals surface area contributed by atoms with Crippen LogP contribution in [-0.2, 0) is 11.9 Å². The maximum Gasteiger partial charge on any atom is 0.142 e. The molecule has 2 aromatic rings. The molecule has 0 N–H and O–H groups in total. The molecule has 0 fully saturated rings. The smallest absolute Gasteiger partial charge is 0.142 e. The number of alkyl halides is 1. The SMILES string of the molecule is Fc1cc(COc2ccccc2CBr)ccc1Cl. The van der Waals surface area contributed by atoms with Crippen LogP contribution in [0, 0.1) is 5.82 Å². The lowest BCUT2D eigenvalue weighted by Gasteiger charge is -2.10.